The zero-order valence-corrected chi connectivity index (χ0v) is 10.3. The van der Waals surface area contributed by atoms with Crippen LogP contribution in [0.15, 0.2) is 24.5 Å². The van der Waals surface area contributed by atoms with Gasteiger partial charge in [0.1, 0.15) is 6.33 Å². The van der Waals surface area contributed by atoms with E-state index in [2.05, 4.69) is 15.4 Å². The third kappa shape index (κ3) is 2.65. The van der Waals surface area contributed by atoms with Gasteiger partial charge >= 0.3 is 0 Å². The number of nitrogens with one attached hydrogen (secondary N) is 1. The first-order chi connectivity index (χ1) is 8.56. The highest BCUT2D eigenvalue weighted by Gasteiger charge is 2.10. The van der Waals surface area contributed by atoms with E-state index in [0.717, 1.165) is 5.56 Å². The van der Waals surface area contributed by atoms with Gasteiger partial charge in [0.2, 0.25) is 0 Å². The third-order valence-electron chi connectivity index (χ3n) is 2.51. The number of carbonyl (C=O) groups is 1. The SMILES string of the molecule is Cc1ccc(N)c(C(=O)NCc2ncn(C)n2)c1. The van der Waals surface area contributed by atoms with Crippen LogP contribution in [0.4, 0.5) is 5.69 Å². The molecule has 1 heterocycles. The Morgan fingerprint density at radius 1 is 1.50 bits per heavy atom. The van der Waals surface area contributed by atoms with Crippen LogP contribution in [0.5, 0.6) is 0 Å². The van der Waals surface area contributed by atoms with Gasteiger partial charge in [0.15, 0.2) is 5.82 Å². The second-order valence-corrected chi connectivity index (χ2v) is 4.11. The Morgan fingerprint density at radius 3 is 2.94 bits per heavy atom. The molecular formula is C12H15N5O. The predicted molar refractivity (Wildman–Crippen MR) is 67.8 cm³/mol. The molecule has 0 radical (unpaired) electrons. The minimum atomic E-state index is -0.219. The minimum Gasteiger partial charge on any atom is -0.398 e. The number of nitrogens with two attached hydrogens (primary N) is 1. The van der Waals surface area contributed by atoms with Crippen LogP contribution in [0.3, 0.4) is 0 Å². The Bertz CT molecular complexity index is 576. The van der Waals surface area contributed by atoms with Crippen LogP contribution < -0.4 is 11.1 Å². The molecule has 3 N–H and O–H groups in total. The average molecular weight is 245 g/mol. The van der Waals surface area contributed by atoms with E-state index in [9.17, 15) is 4.79 Å². The maximum atomic E-state index is 11.9. The number of nitrogens with zero attached hydrogens (tertiary/aromatic N) is 3. The number of aromatic nitrogens is 3. The summed E-state index contributed by atoms with van der Waals surface area (Å²) in [4.78, 5) is 16.0. The lowest BCUT2D eigenvalue weighted by molar-refractivity contribution is 0.0950. The van der Waals surface area contributed by atoms with Crippen molar-refractivity contribution in [2.45, 2.75) is 13.5 Å². The van der Waals surface area contributed by atoms with Gasteiger partial charge in [0.05, 0.1) is 12.1 Å². The number of carbonyl (C=O) groups excluding carboxylic acids is 1. The first-order valence-corrected chi connectivity index (χ1v) is 5.55. The number of benzene rings is 1. The standard InChI is InChI=1S/C12H15N5O/c1-8-3-4-10(13)9(5-8)12(18)14-6-11-15-7-17(2)16-11/h3-5,7H,6,13H2,1-2H3,(H,14,18). The Labute approximate surface area is 105 Å². The summed E-state index contributed by atoms with van der Waals surface area (Å²) >= 11 is 0. The smallest absolute Gasteiger partial charge is 0.253 e. The molecule has 6 nitrogen and oxygen atoms in total. The van der Waals surface area contributed by atoms with Crippen LogP contribution in [0.25, 0.3) is 0 Å². The highest BCUT2D eigenvalue weighted by molar-refractivity contribution is 5.99. The number of aryl methyl sites for hydroxylation is 2. The molecule has 0 aliphatic rings. The number of hydrogen-bond acceptors (Lipinski definition) is 4. The average Bonchev–Trinajstić information content (AvgIpc) is 2.75. The van der Waals surface area contributed by atoms with Crippen molar-refractivity contribution in [1.29, 1.82) is 0 Å². The number of rotatable bonds is 3. The molecule has 0 unspecified atom stereocenters. The lowest BCUT2D eigenvalue weighted by atomic mass is 10.1. The largest absolute Gasteiger partial charge is 0.398 e. The van der Waals surface area contributed by atoms with Crippen LogP contribution in [0, 0.1) is 6.92 Å². The van der Waals surface area contributed by atoms with E-state index in [0.29, 0.717) is 17.1 Å². The van der Waals surface area contributed by atoms with Crippen LogP contribution in [-0.4, -0.2) is 20.7 Å². The Morgan fingerprint density at radius 2 is 2.28 bits per heavy atom. The zero-order valence-electron chi connectivity index (χ0n) is 10.3. The molecule has 0 spiro atoms. The van der Waals surface area contributed by atoms with E-state index in [1.807, 2.05) is 13.0 Å². The van der Waals surface area contributed by atoms with Gasteiger partial charge in [0, 0.05) is 12.7 Å². The van der Waals surface area contributed by atoms with Gasteiger partial charge in [-0.2, -0.15) is 5.10 Å². The summed E-state index contributed by atoms with van der Waals surface area (Å²) < 4.78 is 1.59. The second-order valence-electron chi connectivity index (χ2n) is 4.11. The quantitative estimate of drug-likeness (QED) is 0.777. The van der Waals surface area contributed by atoms with Crippen molar-refractivity contribution in [3.8, 4) is 0 Å². The number of anilines is 1. The lowest BCUT2D eigenvalue weighted by Crippen LogP contribution is -2.24. The normalized spacial score (nSPS) is 10.3. The Kier molecular flexibility index (Phi) is 3.27. The first-order valence-electron chi connectivity index (χ1n) is 5.55. The zero-order chi connectivity index (χ0) is 13.1. The molecule has 0 bridgehead atoms. The van der Waals surface area contributed by atoms with Crippen molar-refractivity contribution in [3.05, 3.63) is 41.5 Å². The van der Waals surface area contributed by atoms with Gasteiger partial charge in [-0.25, -0.2) is 4.98 Å². The highest BCUT2D eigenvalue weighted by atomic mass is 16.1. The van der Waals surface area contributed by atoms with Gasteiger partial charge in [-0.05, 0) is 19.1 Å². The number of hydrogen-bond donors (Lipinski definition) is 2. The van der Waals surface area contributed by atoms with E-state index in [1.54, 1.807) is 30.2 Å². The summed E-state index contributed by atoms with van der Waals surface area (Å²) in [5, 5.41) is 6.82. The lowest BCUT2D eigenvalue weighted by Gasteiger charge is -2.06. The monoisotopic (exact) mass is 245 g/mol. The molecule has 0 atom stereocenters. The predicted octanol–water partition coefficient (Wildman–Crippen LogP) is 0.636. The third-order valence-corrected chi connectivity index (χ3v) is 2.51. The van der Waals surface area contributed by atoms with E-state index in [-0.39, 0.29) is 12.5 Å². The molecule has 6 heteroatoms. The molecular weight excluding hydrogens is 230 g/mol. The summed E-state index contributed by atoms with van der Waals surface area (Å²) in [7, 11) is 1.77. The fraction of sp³-hybridized carbons (Fsp3) is 0.250. The van der Waals surface area contributed by atoms with E-state index in [4.69, 9.17) is 5.73 Å². The van der Waals surface area contributed by atoms with Crippen LogP contribution in [-0.2, 0) is 13.6 Å². The van der Waals surface area contributed by atoms with Crippen molar-refractivity contribution in [1.82, 2.24) is 20.1 Å². The van der Waals surface area contributed by atoms with Crippen LogP contribution in [0.2, 0.25) is 0 Å². The van der Waals surface area contributed by atoms with E-state index >= 15 is 0 Å². The molecule has 1 aromatic heterocycles. The van der Waals surface area contributed by atoms with Crippen LogP contribution in [0.1, 0.15) is 21.7 Å². The molecule has 0 saturated carbocycles. The van der Waals surface area contributed by atoms with Crippen molar-refractivity contribution in [3.63, 3.8) is 0 Å². The molecule has 0 aliphatic carbocycles. The van der Waals surface area contributed by atoms with E-state index in [1.165, 1.54) is 0 Å². The van der Waals surface area contributed by atoms with Gasteiger partial charge in [-0.15, -0.1) is 0 Å². The van der Waals surface area contributed by atoms with Gasteiger partial charge < -0.3 is 11.1 Å². The van der Waals surface area contributed by atoms with Gasteiger partial charge in [-0.1, -0.05) is 11.6 Å². The fourth-order valence-electron chi connectivity index (χ4n) is 1.59. The number of amides is 1. The maximum absolute atomic E-state index is 11.9. The molecule has 2 aromatic rings. The molecule has 0 aliphatic heterocycles. The summed E-state index contributed by atoms with van der Waals surface area (Å²) in [6, 6.07) is 5.35. The summed E-state index contributed by atoms with van der Waals surface area (Å²) in [5.41, 5.74) is 7.70. The van der Waals surface area contributed by atoms with E-state index < -0.39 is 0 Å². The first kappa shape index (κ1) is 12.1. The molecule has 2 rings (SSSR count). The molecule has 0 saturated heterocycles. The van der Waals surface area contributed by atoms with Crippen molar-refractivity contribution in [2.75, 3.05) is 5.73 Å². The second kappa shape index (κ2) is 4.87. The Balaban J connectivity index is 2.05. The van der Waals surface area contributed by atoms with Crippen molar-refractivity contribution >= 4 is 11.6 Å². The summed E-state index contributed by atoms with van der Waals surface area (Å²) in [6.45, 7) is 2.20. The summed E-state index contributed by atoms with van der Waals surface area (Å²) in [5.74, 6) is 0.348. The fourth-order valence-corrected chi connectivity index (χ4v) is 1.59. The molecule has 1 amide bonds. The van der Waals surface area contributed by atoms with Gasteiger partial charge in [-0.3, -0.25) is 9.48 Å². The molecule has 0 fully saturated rings. The van der Waals surface area contributed by atoms with Gasteiger partial charge in [0.25, 0.3) is 5.91 Å². The van der Waals surface area contributed by atoms with Crippen LogP contribution >= 0.6 is 0 Å². The molecule has 18 heavy (non-hydrogen) atoms. The van der Waals surface area contributed by atoms with Crippen molar-refractivity contribution < 1.29 is 4.79 Å². The maximum Gasteiger partial charge on any atom is 0.253 e. The topological polar surface area (TPSA) is 85.8 Å². The minimum absolute atomic E-state index is 0.219. The summed E-state index contributed by atoms with van der Waals surface area (Å²) in [6.07, 6.45) is 1.59. The Hall–Kier alpha value is -2.37. The molecule has 94 valence electrons. The highest BCUT2D eigenvalue weighted by Crippen LogP contribution is 2.13. The molecule has 1 aromatic carbocycles. The van der Waals surface area contributed by atoms with Crippen molar-refractivity contribution in [2.24, 2.45) is 7.05 Å². The number of nitrogen functional groups attached to an aromatic ring is 1.